The van der Waals surface area contributed by atoms with Crippen molar-refractivity contribution in [2.75, 3.05) is 6.61 Å². The molecule has 0 spiro atoms. The first-order valence-corrected chi connectivity index (χ1v) is 14.1. The molecule has 6 rings (SSSR count). The van der Waals surface area contributed by atoms with E-state index in [1.165, 1.54) is 57.8 Å². The zero-order valence-corrected chi connectivity index (χ0v) is 25.5. The van der Waals surface area contributed by atoms with Gasteiger partial charge in [0.1, 0.15) is 0 Å². The van der Waals surface area contributed by atoms with E-state index < -0.39 is 0 Å². The largest absolute Gasteiger partial charge is 0.393 e. The molecule has 2 bridgehead atoms. The van der Waals surface area contributed by atoms with Gasteiger partial charge >= 0.3 is 0 Å². The molecule has 185 valence electrons. The van der Waals surface area contributed by atoms with Crippen molar-refractivity contribution in [2.45, 2.75) is 125 Å². The molecule has 0 aromatic heterocycles. The van der Waals surface area contributed by atoms with Crippen LogP contribution in [0.4, 0.5) is 0 Å². The molecule has 1 N–H and O–H groups in total. The molecule has 6 aliphatic rings. The van der Waals surface area contributed by atoms with E-state index in [0.717, 1.165) is 30.8 Å². The Morgan fingerprint density at radius 1 is 0.697 bits per heavy atom. The quantitative estimate of drug-likeness (QED) is 0.357. The molecule has 5 aliphatic carbocycles. The van der Waals surface area contributed by atoms with Crippen LogP contribution in [0.25, 0.3) is 0 Å². The van der Waals surface area contributed by atoms with Gasteiger partial charge in [-0.25, -0.2) is 0 Å². The van der Waals surface area contributed by atoms with E-state index in [-0.39, 0.29) is 44.2 Å². The van der Waals surface area contributed by atoms with E-state index in [0.29, 0.717) is 39.1 Å². The van der Waals surface area contributed by atoms with E-state index in [2.05, 4.69) is 48.5 Å². The molecular weight excluding hydrogens is 481 g/mol. The summed E-state index contributed by atoms with van der Waals surface area (Å²) in [5.41, 5.74) is 2.16. The molecule has 33 heavy (non-hydrogen) atoms. The molecule has 3 heteroatoms. The van der Waals surface area contributed by atoms with Gasteiger partial charge in [-0.3, -0.25) is 0 Å². The summed E-state index contributed by atoms with van der Waals surface area (Å²) in [6.07, 6.45) is 13.7. The summed E-state index contributed by atoms with van der Waals surface area (Å²) in [6.45, 7) is 18.9. The van der Waals surface area contributed by atoms with Gasteiger partial charge in [0.2, 0.25) is 0 Å². The van der Waals surface area contributed by atoms with E-state index in [9.17, 15) is 5.11 Å². The second-order valence-electron chi connectivity index (χ2n) is 15.7. The monoisotopic (exact) mass is 531 g/mol. The normalized spacial score (nSPS) is 58.2. The number of hydrogen-bond acceptors (Lipinski definition) is 2. The minimum atomic E-state index is -0.122. The maximum atomic E-state index is 10.9. The molecule has 6 fully saturated rings. The fourth-order valence-electron chi connectivity index (χ4n) is 12.0. The summed E-state index contributed by atoms with van der Waals surface area (Å²) in [5.74, 6) is 3.11. The van der Waals surface area contributed by atoms with Crippen LogP contribution in [0.2, 0.25) is 0 Å². The van der Waals surface area contributed by atoms with E-state index in [1.807, 2.05) is 0 Å². The molecule has 0 amide bonds. The molecule has 1 saturated heterocycles. The minimum absolute atomic E-state index is 0. The average molecular weight is 532 g/mol. The first-order chi connectivity index (χ1) is 14.8. The van der Waals surface area contributed by atoms with Crippen LogP contribution in [-0.2, 0) is 37.4 Å². The van der Waals surface area contributed by atoms with Gasteiger partial charge in [0.15, 0.2) is 0 Å². The zero-order valence-electron chi connectivity index (χ0n) is 22.7. The summed E-state index contributed by atoms with van der Waals surface area (Å²) in [4.78, 5) is 0. The van der Waals surface area contributed by atoms with Crippen LogP contribution in [0.3, 0.4) is 0 Å². The Balaban J connectivity index is 0.00000228. The number of rotatable bonds is 0. The Bertz CT molecular complexity index is 807. The van der Waals surface area contributed by atoms with Crippen molar-refractivity contribution in [1.82, 2.24) is 0 Å². The van der Waals surface area contributed by atoms with Crippen LogP contribution >= 0.6 is 0 Å². The van der Waals surface area contributed by atoms with E-state index in [4.69, 9.17) is 4.74 Å². The molecule has 5 saturated carbocycles. The number of hydrogen-bond donors (Lipinski definition) is 1. The van der Waals surface area contributed by atoms with Crippen molar-refractivity contribution in [1.29, 1.82) is 0 Å². The van der Waals surface area contributed by atoms with Gasteiger partial charge in [0.05, 0.1) is 18.8 Å². The topological polar surface area (TPSA) is 29.5 Å². The molecule has 1 heterocycles. The smallest absolute Gasteiger partial charge is 0.0663 e. The third-order valence-electron chi connectivity index (χ3n) is 14.1. The maximum Gasteiger partial charge on any atom is 0.0663 e. The third kappa shape index (κ3) is 2.99. The number of aliphatic hydroxyl groups is 1. The standard InChI is InChI=1S/C30H50O2.Y/c1-25(2)14-16-30-17-15-28(6)19(23(30)24(25)32-18-30)8-9-21-27(5)12-11-22(31)26(3,4)20(27)10-13-29(21,28)7;/h19-24,31H,8-18H2,1-7H3;/t19?,20?,21?,22?,23?,24?,27?,28?,29?,30-;/m1./s1. The molecule has 0 aromatic rings. The summed E-state index contributed by atoms with van der Waals surface area (Å²) >= 11 is 0. The SMILES string of the molecule is CC1(C)CC[C@]23CCC4(C)C(CCC5C6(C)CCC(O)C(C)(C)C6CCC54C)C2C1OC3.[Y]. The van der Waals surface area contributed by atoms with Crippen molar-refractivity contribution in [3.05, 3.63) is 0 Å². The van der Waals surface area contributed by atoms with Crippen LogP contribution < -0.4 is 0 Å². The summed E-state index contributed by atoms with van der Waals surface area (Å²) in [6, 6.07) is 0. The van der Waals surface area contributed by atoms with E-state index in [1.54, 1.807) is 0 Å². The van der Waals surface area contributed by atoms with Crippen molar-refractivity contribution in [3.63, 3.8) is 0 Å². The molecule has 2 nitrogen and oxygen atoms in total. The van der Waals surface area contributed by atoms with Crippen LogP contribution in [0.15, 0.2) is 0 Å². The number of aliphatic hydroxyl groups excluding tert-OH is 1. The van der Waals surface area contributed by atoms with Gasteiger partial charge < -0.3 is 9.84 Å². The molecule has 10 atom stereocenters. The Kier molecular flexibility index (Phi) is 5.86. The molecule has 9 unspecified atom stereocenters. The first-order valence-electron chi connectivity index (χ1n) is 14.1. The van der Waals surface area contributed by atoms with Crippen LogP contribution in [0, 0.1) is 56.2 Å². The van der Waals surface area contributed by atoms with Gasteiger partial charge in [-0.1, -0.05) is 48.5 Å². The summed E-state index contributed by atoms with van der Waals surface area (Å²) in [5, 5.41) is 10.9. The maximum absolute atomic E-state index is 10.9. The minimum Gasteiger partial charge on any atom is -0.393 e. The predicted octanol–water partition coefficient (Wildman–Crippen LogP) is 7.24. The zero-order chi connectivity index (χ0) is 22.9. The fraction of sp³-hybridized carbons (Fsp3) is 1.00. The number of fused-ring (bicyclic) bond motifs is 5. The summed E-state index contributed by atoms with van der Waals surface area (Å²) in [7, 11) is 0. The van der Waals surface area contributed by atoms with Crippen LogP contribution in [0.1, 0.15) is 113 Å². The van der Waals surface area contributed by atoms with Crippen molar-refractivity contribution >= 4 is 0 Å². The van der Waals surface area contributed by atoms with Gasteiger partial charge in [-0.2, -0.15) is 0 Å². The molecule has 1 aliphatic heterocycles. The molecular formula is C30H50O2Y. The van der Waals surface area contributed by atoms with Crippen LogP contribution in [0.5, 0.6) is 0 Å². The van der Waals surface area contributed by atoms with Crippen molar-refractivity contribution in [2.24, 2.45) is 56.2 Å². The first kappa shape index (κ1) is 25.7. The Morgan fingerprint density at radius 2 is 1.39 bits per heavy atom. The Labute approximate surface area is 229 Å². The van der Waals surface area contributed by atoms with E-state index >= 15 is 0 Å². The average Bonchev–Trinajstić information content (AvgIpc) is 3.05. The fourth-order valence-corrected chi connectivity index (χ4v) is 12.0. The number of ether oxygens (including phenoxy) is 1. The van der Waals surface area contributed by atoms with Crippen molar-refractivity contribution < 1.29 is 42.6 Å². The Hall–Kier alpha value is 1.02. The molecule has 0 aromatic carbocycles. The Morgan fingerprint density at radius 3 is 2.12 bits per heavy atom. The third-order valence-corrected chi connectivity index (χ3v) is 14.1. The second-order valence-corrected chi connectivity index (χ2v) is 15.7. The van der Waals surface area contributed by atoms with Crippen molar-refractivity contribution in [3.8, 4) is 0 Å². The second kappa shape index (κ2) is 7.54. The van der Waals surface area contributed by atoms with Gasteiger partial charge in [0.25, 0.3) is 0 Å². The predicted molar refractivity (Wildman–Crippen MR) is 130 cm³/mol. The van der Waals surface area contributed by atoms with Gasteiger partial charge in [-0.05, 0) is 120 Å². The van der Waals surface area contributed by atoms with Gasteiger partial charge in [0, 0.05) is 32.7 Å². The summed E-state index contributed by atoms with van der Waals surface area (Å²) < 4.78 is 6.71. The van der Waals surface area contributed by atoms with Gasteiger partial charge in [-0.15, -0.1) is 0 Å². The molecule has 1 radical (unpaired) electrons. The van der Waals surface area contributed by atoms with Crippen LogP contribution in [-0.4, -0.2) is 23.9 Å².